The average Bonchev–Trinajstić information content (AvgIpc) is 2.58. The van der Waals surface area contributed by atoms with E-state index in [9.17, 15) is 13.2 Å². The van der Waals surface area contributed by atoms with Gasteiger partial charge < -0.3 is 0 Å². The Balaban J connectivity index is 1.68. The molecule has 4 nitrogen and oxygen atoms in total. The van der Waals surface area contributed by atoms with Crippen LogP contribution in [0.15, 0.2) is 41.3 Å². The second kappa shape index (κ2) is 6.85. The number of fused-ring (bicyclic) bond motifs is 3. The lowest BCUT2D eigenvalue weighted by atomic mass is 9.45. The van der Waals surface area contributed by atoms with E-state index >= 15 is 0 Å². The van der Waals surface area contributed by atoms with Crippen molar-refractivity contribution in [1.82, 2.24) is 0 Å². The van der Waals surface area contributed by atoms with E-state index in [0.717, 1.165) is 30.4 Å². The zero-order chi connectivity index (χ0) is 20.0. The van der Waals surface area contributed by atoms with Crippen molar-refractivity contribution in [2.75, 3.05) is 0 Å². The number of allylic oxidation sites excluding steroid dienone is 1. The highest BCUT2D eigenvalue weighted by Gasteiger charge is 2.57. The van der Waals surface area contributed by atoms with Crippen molar-refractivity contribution in [3.8, 4) is 0 Å². The molecular weight excluding hydrogens is 360 g/mol. The minimum atomic E-state index is -3.77. The molecular formula is C22H30O4S. The van der Waals surface area contributed by atoms with Crippen LogP contribution in [0, 0.1) is 23.7 Å². The summed E-state index contributed by atoms with van der Waals surface area (Å²) in [5.74, 6) is 0.293. The van der Waals surface area contributed by atoms with Gasteiger partial charge in [-0.2, -0.15) is 8.42 Å². The Bertz CT molecular complexity index is 855. The van der Waals surface area contributed by atoms with Gasteiger partial charge in [0.05, 0.1) is 11.0 Å². The van der Waals surface area contributed by atoms with Gasteiger partial charge in [-0.3, -0.25) is 8.98 Å². The monoisotopic (exact) mass is 390 g/mol. The summed E-state index contributed by atoms with van der Waals surface area (Å²) in [5.41, 5.74) is 1.78. The Hall–Kier alpha value is -1.46. The first-order chi connectivity index (χ1) is 12.5. The number of hydrogen-bond acceptors (Lipinski definition) is 4. The second-order valence-electron chi connectivity index (χ2n) is 8.87. The second-order valence-corrected chi connectivity index (χ2v) is 10.4. The van der Waals surface area contributed by atoms with Gasteiger partial charge in [-0.15, -0.1) is 0 Å². The number of aryl methyl sites for hydroxylation is 1. The quantitative estimate of drug-likeness (QED) is 0.516. The first-order valence-corrected chi connectivity index (χ1v) is 11.1. The molecule has 3 fully saturated rings. The van der Waals surface area contributed by atoms with E-state index in [4.69, 9.17) is 4.18 Å². The summed E-state index contributed by atoms with van der Waals surface area (Å²) in [6, 6.07) is 6.69. The first-order valence-electron chi connectivity index (χ1n) is 9.70. The summed E-state index contributed by atoms with van der Waals surface area (Å²) in [5, 5.41) is 0. The third kappa shape index (κ3) is 3.52. The van der Waals surface area contributed by atoms with E-state index in [0.29, 0.717) is 18.6 Å². The van der Waals surface area contributed by atoms with Crippen LogP contribution in [0.3, 0.4) is 0 Å². The molecule has 27 heavy (non-hydrogen) atoms. The minimum absolute atomic E-state index is 0.0238. The molecule has 0 unspecified atom stereocenters. The van der Waals surface area contributed by atoms with E-state index in [1.165, 1.54) is 0 Å². The number of ketones is 1. The van der Waals surface area contributed by atoms with Crippen LogP contribution in [0.25, 0.3) is 0 Å². The van der Waals surface area contributed by atoms with Crippen LogP contribution in [0.2, 0.25) is 0 Å². The highest BCUT2D eigenvalue weighted by atomic mass is 32.2. The molecule has 2 bridgehead atoms. The van der Waals surface area contributed by atoms with Crippen molar-refractivity contribution in [3.63, 3.8) is 0 Å². The summed E-state index contributed by atoms with van der Waals surface area (Å²) >= 11 is 0. The van der Waals surface area contributed by atoms with Crippen LogP contribution in [-0.2, 0) is 19.1 Å². The molecule has 0 radical (unpaired) electrons. The topological polar surface area (TPSA) is 60.4 Å². The largest absolute Gasteiger partial charge is 0.299 e. The molecule has 3 aliphatic rings. The SMILES string of the molecule is C=C1[C@@H]2CC[C@@](C)(CC2=O)[C@@]1(C)CC[C@@H](C)OS(=O)(=O)c1ccc(C)cc1. The van der Waals surface area contributed by atoms with Crippen molar-refractivity contribution in [2.45, 2.75) is 70.8 Å². The number of benzene rings is 1. The molecule has 1 aromatic carbocycles. The first kappa shape index (κ1) is 20.3. The third-order valence-electron chi connectivity index (χ3n) is 7.05. The van der Waals surface area contributed by atoms with Crippen molar-refractivity contribution >= 4 is 15.9 Å². The lowest BCUT2D eigenvalue weighted by molar-refractivity contribution is -0.137. The van der Waals surface area contributed by atoms with Crippen molar-refractivity contribution < 1.29 is 17.4 Å². The standard InChI is InChI=1S/C22H30O4S/c1-15-6-8-18(9-7-15)27(24,25)26-16(2)10-13-22(5)17(3)19-11-12-21(22,4)14-20(19)23/h6-9,16,19H,3,10-14H2,1-2,4-5H3/t16-,19+,21+,22+/m1/s1. The number of carbonyl (C=O) groups is 1. The molecule has 4 rings (SSSR count). The predicted molar refractivity (Wildman–Crippen MR) is 106 cm³/mol. The summed E-state index contributed by atoms with van der Waals surface area (Å²) in [6.45, 7) is 12.4. The van der Waals surface area contributed by atoms with Crippen LogP contribution in [0.5, 0.6) is 0 Å². The normalized spacial score (nSPS) is 31.9. The van der Waals surface area contributed by atoms with Gasteiger partial charge in [0.25, 0.3) is 10.1 Å². The number of rotatable bonds is 6. The van der Waals surface area contributed by atoms with Gasteiger partial charge in [0.1, 0.15) is 5.78 Å². The molecule has 0 N–H and O–H groups in total. The lowest BCUT2D eigenvalue weighted by Crippen LogP contribution is -2.53. The Labute approximate surface area is 163 Å². The Morgan fingerprint density at radius 1 is 1.26 bits per heavy atom. The molecule has 148 valence electrons. The fourth-order valence-corrected chi connectivity index (χ4v) is 5.92. The van der Waals surface area contributed by atoms with Crippen molar-refractivity contribution in [3.05, 3.63) is 42.0 Å². The fraction of sp³-hybridized carbons (Fsp3) is 0.591. The summed E-state index contributed by atoms with van der Waals surface area (Å²) < 4.78 is 30.4. The van der Waals surface area contributed by atoms with E-state index in [1.54, 1.807) is 31.2 Å². The van der Waals surface area contributed by atoms with E-state index in [1.807, 2.05) is 6.92 Å². The molecule has 0 aromatic heterocycles. The smallest absolute Gasteiger partial charge is 0.297 e. The Morgan fingerprint density at radius 3 is 2.44 bits per heavy atom. The van der Waals surface area contributed by atoms with Gasteiger partial charge in [-0.05, 0) is 62.5 Å². The van der Waals surface area contributed by atoms with Gasteiger partial charge in [-0.1, -0.05) is 43.7 Å². The zero-order valence-electron chi connectivity index (χ0n) is 16.7. The maximum Gasteiger partial charge on any atom is 0.297 e. The summed E-state index contributed by atoms with van der Waals surface area (Å²) in [7, 11) is -3.77. The predicted octanol–water partition coefficient (Wildman–Crippen LogP) is 4.82. The van der Waals surface area contributed by atoms with Crippen molar-refractivity contribution in [1.29, 1.82) is 0 Å². The van der Waals surface area contributed by atoms with Gasteiger partial charge in [-0.25, -0.2) is 0 Å². The molecule has 5 heteroatoms. The molecule has 0 heterocycles. The molecule has 4 atom stereocenters. The maximum absolute atomic E-state index is 12.5. The van der Waals surface area contributed by atoms with Gasteiger partial charge in [0.15, 0.2) is 0 Å². The molecule has 3 saturated carbocycles. The molecule has 0 saturated heterocycles. The molecule has 0 aliphatic heterocycles. The van der Waals surface area contributed by atoms with E-state index in [-0.39, 0.29) is 21.6 Å². The highest BCUT2D eigenvalue weighted by Crippen LogP contribution is 2.63. The highest BCUT2D eigenvalue weighted by molar-refractivity contribution is 7.86. The van der Waals surface area contributed by atoms with Crippen LogP contribution >= 0.6 is 0 Å². The van der Waals surface area contributed by atoms with Crippen LogP contribution < -0.4 is 0 Å². The lowest BCUT2D eigenvalue weighted by Gasteiger charge is -2.58. The zero-order valence-corrected chi connectivity index (χ0v) is 17.6. The number of Topliss-reactive ketones (excluding diaryl/α,β-unsaturated/α-hetero) is 1. The summed E-state index contributed by atoms with van der Waals surface area (Å²) in [6.07, 6.45) is 3.48. The van der Waals surface area contributed by atoms with Crippen LogP contribution in [0.4, 0.5) is 0 Å². The van der Waals surface area contributed by atoms with Crippen LogP contribution in [-0.4, -0.2) is 20.3 Å². The van der Waals surface area contributed by atoms with Gasteiger partial charge in [0.2, 0.25) is 0 Å². The van der Waals surface area contributed by atoms with Crippen molar-refractivity contribution in [2.24, 2.45) is 16.7 Å². The Morgan fingerprint density at radius 2 is 1.89 bits per heavy atom. The molecule has 0 spiro atoms. The number of carbonyl (C=O) groups excluding carboxylic acids is 1. The van der Waals surface area contributed by atoms with Gasteiger partial charge in [0, 0.05) is 12.3 Å². The van der Waals surface area contributed by atoms with Gasteiger partial charge >= 0.3 is 0 Å². The summed E-state index contributed by atoms with van der Waals surface area (Å²) in [4.78, 5) is 12.5. The maximum atomic E-state index is 12.5. The average molecular weight is 391 g/mol. The van der Waals surface area contributed by atoms with E-state index in [2.05, 4.69) is 20.4 Å². The Kier molecular flexibility index (Phi) is 5.15. The molecule has 3 aliphatic carbocycles. The van der Waals surface area contributed by atoms with E-state index < -0.39 is 16.2 Å². The fourth-order valence-electron chi connectivity index (χ4n) is 4.81. The third-order valence-corrected chi connectivity index (χ3v) is 8.48. The van der Waals surface area contributed by atoms with Crippen LogP contribution in [0.1, 0.15) is 58.4 Å². The minimum Gasteiger partial charge on any atom is -0.299 e. The molecule has 0 amide bonds. The number of hydrogen-bond donors (Lipinski definition) is 0. The molecule has 1 aromatic rings.